The highest BCUT2D eigenvalue weighted by Gasteiger charge is 2.20. The summed E-state index contributed by atoms with van der Waals surface area (Å²) >= 11 is 0. The van der Waals surface area contributed by atoms with E-state index in [0.29, 0.717) is 6.04 Å². The van der Waals surface area contributed by atoms with Gasteiger partial charge in [0.05, 0.1) is 6.04 Å². The Balaban J connectivity index is 2.30. The van der Waals surface area contributed by atoms with Gasteiger partial charge in [0.25, 0.3) is 0 Å². The van der Waals surface area contributed by atoms with Crippen LogP contribution in [-0.4, -0.2) is 43.4 Å². The standard InChI is InChI=1S/C9H18N2O/c1-8(7-12)11-5-3-9(10-2)4-6-11/h7-10H,3-6H2,1-2H3. The van der Waals surface area contributed by atoms with Gasteiger partial charge in [0.15, 0.2) is 0 Å². The fourth-order valence-electron chi connectivity index (χ4n) is 1.68. The third kappa shape index (κ3) is 2.29. The second-order valence-electron chi connectivity index (χ2n) is 3.48. The molecule has 1 heterocycles. The van der Waals surface area contributed by atoms with Crippen molar-refractivity contribution < 1.29 is 4.79 Å². The minimum absolute atomic E-state index is 0.0998. The molecule has 0 spiro atoms. The van der Waals surface area contributed by atoms with Gasteiger partial charge in [-0.2, -0.15) is 0 Å². The minimum atomic E-state index is 0.0998. The molecule has 0 aromatic rings. The molecule has 1 atom stereocenters. The molecule has 0 aliphatic carbocycles. The lowest BCUT2D eigenvalue weighted by Crippen LogP contribution is -2.45. The van der Waals surface area contributed by atoms with Gasteiger partial charge in [-0.25, -0.2) is 0 Å². The first-order valence-electron chi connectivity index (χ1n) is 4.64. The maximum absolute atomic E-state index is 10.5. The van der Waals surface area contributed by atoms with Crippen LogP contribution < -0.4 is 5.32 Å². The molecule has 1 unspecified atom stereocenters. The Morgan fingerprint density at radius 2 is 2.08 bits per heavy atom. The molecule has 1 fully saturated rings. The topological polar surface area (TPSA) is 32.3 Å². The number of aldehydes is 1. The van der Waals surface area contributed by atoms with Crippen molar-refractivity contribution in [2.24, 2.45) is 0 Å². The summed E-state index contributed by atoms with van der Waals surface area (Å²) in [7, 11) is 2.00. The van der Waals surface area contributed by atoms with E-state index in [2.05, 4.69) is 10.2 Å². The Hall–Kier alpha value is -0.410. The highest BCUT2D eigenvalue weighted by Crippen LogP contribution is 2.11. The van der Waals surface area contributed by atoms with Crippen molar-refractivity contribution in [1.82, 2.24) is 10.2 Å². The van der Waals surface area contributed by atoms with Crippen LogP contribution in [0.1, 0.15) is 19.8 Å². The summed E-state index contributed by atoms with van der Waals surface area (Å²) in [6, 6.07) is 0.753. The van der Waals surface area contributed by atoms with Crippen LogP contribution >= 0.6 is 0 Å². The number of piperidine rings is 1. The van der Waals surface area contributed by atoms with Crippen LogP contribution in [0.5, 0.6) is 0 Å². The maximum atomic E-state index is 10.5. The Bertz CT molecular complexity index is 141. The summed E-state index contributed by atoms with van der Waals surface area (Å²) < 4.78 is 0. The number of nitrogens with zero attached hydrogens (tertiary/aromatic N) is 1. The lowest BCUT2D eigenvalue weighted by molar-refractivity contribution is -0.112. The predicted octanol–water partition coefficient (Wildman–Crippen LogP) is 0.258. The van der Waals surface area contributed by atoms with E-state index in [1.807, 2.05) is 14.0 Å². The van der Waals surface area contributed by atoms with Gasteiger partial charge in [-0.1, -0.05) is 0 Å². The number of rotatable bonds is 3. The fraction of sp³-hybridized carbons (Fsp3) is 0.889. The molecule has 1 aliphatic heterocycles. The van der Waals surface area contributed by atoms with Crippen molar-refractivity contribution in [1.29, 1.82) is 0 Å². The van der Waals surface area contributed by atoms with Crippen LogP contribution in [0, 0.1) is 0 Å². The van der Waals surface area contributed by atoms with E-state index in [4.69, 9.17) is 0 Å². The monoisotopic (exact) mass is 170 g/mol. The SMILES string of the molecule is CNC1CCN(C(C)C=O)CC1. The highest BCUT2D eigenvalue weighted by atomic mass is 16.1. The Kier molecular flexibility index (Phi) is 3.69. The first-order valence-corrected chi connectivity index (χ1v) is 4.64. The van der Waals surface area contributed by atoms with Crippen LogP contribution in [0.25, 0.3) is 0 Å². The van der Waals surface area contributed by atoms with E-state index in [1.165, 1.54) is 0 Å². The average molecular weight is 170 g/mol. The van der Waals surface area contributed by atoms with E-state index >= 15 is 0 Å². The summed E-state index contributed by atoms with van der Waals surface area (Å²) in [5.74, 6) is 0. The molecule has 1 rings (SSSR count). The van der Waals surface area contributed by atoms with Crippen LogP contribution in [0.3, 0.4) is 0 Å². The summed E-state index contributed by atoms with van der Waals surface area (Å²) in [6.45, 7) is 4.06. The highest BCUT2D eigenvalue weighted by molar-refractivity contribution is 5.56. The maximum Gasteiger partial charge on any atom is 0.136 e. The zero-order valence-electron chi connectivity index (χ0n) is 7.92. The van der Waals surface area contributed by atoms with Crippen LogP contribution in [-0.2, 0) is 4.79 Å². The van der Waals surface area contributed by atoms with Gasteiger partial charge in [0, 0.05) is 19.1 Å². The fourth-order valence-corrected chi connectivity index (χ4v) is 1.68. The van der Waals surface area contributed by atoms with E-state index in [-0.39, 0.29) is 6.04 Å². The molecule has 0 amide bonds. The average Bonchev–Trinajstić information content (AvgIpc) is 2.17. The van der Waals surface area contributed by atoms with Gasteiger partial charge in [0.1, 0.15) is 6.29 Å². The second kappa shape index (κ2) is 4.58. The minimum Gasteiger partial charge on any atom is -0.317 e. The number of carbonyl (C=O) groups is 1. The Morgan fingerprint density at radius 3 is 2.50 bits per heavy atom. The number of likely N-dealkylation sites (tertiary alicyclic amines) is 1. The van der Waals surface area contributed by atoms with Crippen LogP contribution in [0.2, 0.25) is 0 Å². The van der Waals surface area contributed by atoms with Crippen molar-refractivity contribution >= 4 is 6.29 Å². The molecule has 0 radical (unpaired) electrons. The van der Waals surface area contributed by atoms with Gasteiger partial charge < -0.3 is 10.1 Å². The molecule has 0 saturated carbocycles. The molecule has 70 valence electrons. The third-order valence-electron chi connectivity index (χ3n) is 2.71. The lowest BCUT2D eigenvalue weighted by Gasteiger charge is -2.33. The normalized spacial score (nSPS) is 23.8. The molecule has 12 heavy (non-hydrogen) atoms. The largest absolute Gasteiger partial charge is 0.317 e. The first-order chi connectivity index (χ1) is 5.77. The van der Waals surface area contributed by atoms with Crippen molar-refractivity contribution in [2.45, 2.75) is 31.8 Å². The molecular formula is C9H18N2O. The van der Waals surface area contributed by atoms with Crippen molar-refractivity contribution in [2.75, 3.05) is 20.1 Å². The molecule has 3 heteroatoms. The van der Waals surface area contributed by atoms with Gasteiger partial charge in [0.2, 0.25) is 0 Å². The van der Waals surface area contributed by atoms with Gasteiger partial charge in [-0.3, -0.25) is 4.90 Å². The van der Waals surface area contributed by atoms with Crippen LogP contribution in [0.4, 0.5) is 0 Å². The second-order valence-corrected chi connectivity index (χ2v) is 3.48. The number of nitrogens with one attached hydrogen (secondary N) is 1. The van der Waals surface area contributed by atoms with Gasteiger partial charge >= 0.3 is 0 Å². The van der Waals surface area contributed by atoms with E-state index in [1.54, 1.807) is 0 Å². The Morgan fingerprint density at radius 1 is 1.50 bits per heavy atom. The first kappa shape index (κ1) is 9.68. The molecule has 0 bridgehead atoms. The summed E-state index contributed by atoms with van der Waals surface area (Å²) in [4.78, 5) is 12.7. The predicted molar refractivity (Wildman–Crippen MR) is 49.2 cm³/mol. The zero-order chi connectivity index (χ0) is 8.97. The van der Waals surface area contributed by atoms with E-state index in [0.717, 1.165) is 32.2 Å². The Labute approximate surface area is 74.1 Å². The quantitative estimate of drug-likeness (QED) is 0.617. The van der Waals surface area contributed by atoms with Gasteiger partial charge in [-0.15, -0.1) is 0 Å². The lowest BCUT2D eigenvalue weighted by atomic mass is 10.0. The molecule has 1 saturated heterocycles. The zero-order valence-corrected chi connectivity index (χ0v) is 7.92. The molecule has 1 aliphatic rings. The van der Waals surface area contributed by atoms with E-state index < -0.39 is 0 Å². The van der Waals surface area contributed by atoms with E-state index in [9.17, 15) is 4.79 Å². The molecule has 3 nitrogen and oxygen atoms in total. The third-order valence-corrected chi connectivity index (χ3v) is 2.71. The summed E-state index contributed by atoms with van der Waals surface area (Å²) in [6.07, 6.45) is 3.35. The number of hydrogen-bond acceptors (Lipinski definition) is 3. The number of hydrogen-bond donors (Lipinski definition) is 1. The molecule has 0 aromatic heterocycles. The summed E-state index contributed by atoms with van der Waals surface area (Å²) in [5.41, 5.74) is 0. The van der Waals surface area contributed by atoms with Crippen molar-refractivity contribution in [3.8, 4) is 0 Å². The van der Waals surface area contributed by atoms with Crippen molar-refractivity contribution in [3.63, 3.8) is 0 Å². The smallest absolute Gasteiger partial charge is 0.136 e. The van der Waals surface area contributed by atoms with Crippen LogP contribution in [0.15, 0.2) is 0 Å². The molecule has 0 aromatic carbocycles. The van der Waals surface area contributed by atoms with Gasteiger partial charge in [-0.05, 0) is 26.8 Å². The van der Waals surface area contributed by atoms with Crippen molar-refractivity contribution in [3.05, 3.63) is 0 Å². The molecular weight excluding hydrogens is 152 g/mol. The summed E-state index contributed by atoms with van der Waals surface area (Å²) in [5, 5.41) is 3.27. The number of carbonyl (C=O) groups excluding carboxylic acids is 1. The molecule has 1 N–H and O–H groups in total.